The van der Waals surface area contributed by atoms with E-state index in [1.807, 2.05) is 19.1 Å². The molecule has 0 saturated carbocycles. The topological polar surface area (TPSA) is 64.9 Å². The summed E-state index contributed by atoms with van der Waals surface area (Å²) in [4.78, 5) is 4.30. The highest BCUT2D eigenvalue weighted by atomic mass is 16.5. The van der Waals surface area contributed by atoms with Gasteiger partial charge in [-0.3, -0.25) is 0 Å². The summed E-state index contributed by atoms with van der Waals surface area (Å²) < 4.78 is 5.14. The number of aryl methyl sites for hydroxylation is 1. The van der Waals surface area contributed by atoms with Crippen LogP contribution in [0.25, 0.3) is 11.4 Å². The van der Waals surface area contributed by atoms with Gasteiger partial charge in [0.15, 0.2) is 0 Å². The summed E-state index contributed by atoms with van der Waals surface area (Å²) in [7, 11) is 0. The molecule has 2 rings (SSSR count). The van der Waals surface area contributed by atoms with E-state index in [1.165, 1.54) is 5.56 Å². The Balaban J connectivity index is 2.24. The summed E-state index contributed by atoms with van der Waals surface area (Å²) in [6.07, 6.45) is 1.81. The van der Waals surface area contributed by atoms with Gasteiger partial charge < -0.3 is 10.3 Å². The molecule has 90 valence electrons. The van der Waals surface area contributed by atoms with Gasteiger partial charge in [0, 0.05) is 5.56 Å². The normalized spacial score (nSPS) is 12.6. The van der Waals surface area contributed by atoms with Crippen molar-refractivity contribution in [3.8, 4) is 11.4 Å². The molecule has 0 aliphatic heterocycles. The van der Waals surface area contributed by atoms with Crippen molar-refractivity contribution >= 4 is 0 Å². The number of hydrogen-bond donors (Lipinski definition) is 1. The molecule has 0 saturated heterocycles. The highest BCUT2D eigenvalue weighted by Crippen LogP contribution is 2.19. The minimum Gasteiger partial charge on any atom is -0.337 e. The van der Waals surface area contributed by atoms with E-state index in [2.05, 4.69) is 29.2 Å². The largest absolute Gasteiger partial charge is 0.337 e. The van der Waals surface area contributed by atoms with Crippen LogP contribution in [0.2, 0.25) is 0 Å². The maximum atomic E-state index is 5.84. The highest BCUT2D eigenvalue weighted by Gasteiger charge is 2.13. The van der Waals surface area contributed by atoms with Gasteiger partial charge >= 0.3 is 0 Å². The van der Waals surface area contributed by atoms with Crippen LogP contribution in [0, 0.1) is 0 Å². The molecular weight excluding hydrogens is 214 g/mol. The number of benzene rings is 1. The molecule has 1 unspecified atom stereocenters. The third kappa shape index (κ3) is 2.53. The van der Waals surface area contributed by atoms with Crippen molar-refractivity contribution in [1.82, 2.24) is 10.1 Å². The summed E-state index contributed by atoms with van der Waals surface area (Å²) in [6, 6.07) is 7.98. The summed E-state index contributed by atoms with van der Waals surface area (Å²) in [5, 5.41) is 3.94. The fourth-order valence-electron chi connectivity index (χ4n) is 1.57. The van der Waals surface area contributed by atoms with E-state index in [0.29, 0.717) is 11.7 Å². The van der Waals surface area contributed by atoms with Crippen LogP contribution in [-0.2, 0) is 6.42 Å². The van der Waals surface area contributed by atoms with Crippen molar-refractivity contribution < 1.29 is 4.52 Å². The molecule has 2 aromatic rings. The lowest BCUT2D eigenvalue weighted by Crippen LogP contribution is -2.08. The molecule has 2 N–H and O–H groups in total. The van der Waals surface area contributed by atoms with Gasteiger partial charge in [0.25, 0.3) is 0 Å². The van der Waals surface area contributed by atoms with Crippen molar-refractivity contribution in [2.45, 2.75) is 32.7 Å². The first-order valence-electron chi connectivity index (χ1n) is 5.93. The fourth-order valence-corrected chi connectivity index (χ4v) is 1.57. The number of nitrogens with two attached hydrogens (primary N) is 1. The Hall–Kier alpha value is -1.68. The standard InChI is InChI=1S/C13H17N3O/c1-3-9-5-7-10(8-6-9)12-15-13(17-16-12)11(14)4-2/h5-8,11H,3-4,14H2,1-2H3. The monoisotopic (exact) mass is 231 g/mol. The quantitative estimate of drug-likeness (QED) is 0.878. The third-order valence-corrected chi connectivity index (χ3v) is 2.82. The molecular formula is C13H17N3O. The Morgan fingerprint density at radius 2 is 1.94 bits per heavy atom. The average Bonchev–Trinajstić information content (AvgIpc) is 2.87. The van der Waals surface area contributed by atoms with E-state index in [1.54, 1.807) is 0 Å². The predicted octanol–water partition coefficient (Wildman–Crippen LogP) is 2.71. The minimum absolute atomic E-state index is 0.175. The second-order valence-electron chi connectivity index (χ2n) is 4.02. The molecule has 0 fully saturated rings. The van der Waals surface area contributed by atoms with Gasteiger partial charge in [-0.15, -0.1) is 0 Å². The molecule has 1 aromatic heterocycles. The molecule has 0 spiro atoms. The summed E-state index contributed by atoms with van der Waals surface area (Å²) in [6.45, 7) is 4.12. The van der Waals surface area contributed by atoms with Crippen molar-refractivity contribution in [3.05, 3.63) is 35.7 Å². The summed E-state index contributed by atoms with van der Waals surface area (Å²) in [5.74, 6) is 1.11. The lowest BCUT2D eigenvalue weighted by molar-refractivity contribution is 0.352. The average molecular weight is 231 g/mol. The Morgan fingerprint density at radius 1 is 1.24 bits per heavy atom. The third-order valence-electron chi connectivity index (χ3n) is 2.82. The zero-order chi connectivity index (χ0) is 12.3. The minimum atomic E-state index is -0.175. The van der Waals surface area contributed by atoms with Crippen LogP contribution in [0.1, 0.15) is 37.8 Å². The molecule has 1 aromatic carbocycles. The second-order valence-corrected chi connectivity index (χ2v) is 4.02. The van der Waals surface area contributed by atoms with Crippen LogP contribution in [-0.4, -0.2) is 10.1 Å². The van der Waals surface area contributed by atoms with Crippen LogP contribution in [0.15, 0.2) is 28.8 Å². The summed E-state index contributed by atoms with van der Waals surface area (Å²) >= 11 is 0. The van der Waals surface area contributed by atoms with Crippen LogP contribution in [0.4, 0.5) is 0 Å². The van der Waals surface area contributed by atoms with Gasteiger partial charge in [0.2, 0.25) is 11.7 Å². The van der Waals surface area contributed by atoms with E-state index >= 15 is 0 Å². The second kappa shape index (κ2) is 5.10. The van der Waals surface area contributed by atoms with E-state index in [-0.39, 0.29) is 6.04 Å². The maximum Gasteiger partial charge on any atom is 0.243 e. The summed E-state index contributed by atoms with van der Waals surface area (Å²) in [5.41, 5.74) is 8.09. The Bertz CT molecular complexity index is 476. The smallest absolute Gasteiger partial charge is 0.243 e. The van der Waals surface area contributed by atoms with Crippen LogP contribution in [0.5, 0.6) is 0 Å². The van der Waals surface area contributed by atoms with Crippen molar-refractivity contribution in [2.75, 3.05) is 0 Å². The Kier molecular flexibility index (Phi) is 3.54. The van der Waals surface area contributed by atoms with Crippen molar-refractivity contribution in [3.63, 3.8) is 0 Å². The van der Waals surface area contributed by atoms with Gasteiger partial charge in [0.05, 0.1) is 6.04 Å². The SMILES string of the molecule is CCc1ccc(-c2noc(C(N)CC)n2)cc1. The molecule has 4 nitrogen and oxygen atoms in total. The van der Waals surface area contributed by atoms with Gasteiger partial charge in [-0.2, -0.15) is 4.98 Å². The first kappa shape index (κ1) is 11.8. The molecule has 4 heteroatoms. The number of nitrogens with zero attached hydrogens (tertiary/aromatic N) is 2. The van der Waals surface area contributed by atoms with Crippen molar-refractivity contribution in [1.29, 1.82) is 0 Å². The molecule has 0 radical (unpaired) electrons. The van der Waals surface area contributed by atoms with E-state index in [9.17, 15) is 0 Å². The van der Waals surface area contributed by atoms with E-state index in [4.69, 9.17) is 10.3 Å². The Labute approximate surface area is 101 Å². The first-order valence-corrected chi connectivity index (χ1v) is 5.93. The van der Waals surface area contributed by atoms with E-state index in [0.717, 1.165) is 18.4 Å². The molecule has 17 heavy (non-hydrogen) atoms. The van der Waals surface area contributed by atoms with Crippen LogP contribution >= 0.6 is 0 Å². The lowest BCUT2D eigenvalue weighted by Gasteiger charge is -1.99. The van der Waals surface area contributed by atoms with Gasteiger partial charge in [0.1, 0.15) is 0 Å². The molecule has 0 bridgehead atoms. The molecule has 1 atom stereocenters. The highest BCUT2D eigenvalue weighted by molar-refractivity contribution is 5.54. The fraction of sp³-hybridized carbons (Fsp3) is 0.385. The maximum absolute atomic E-state index is 5.84. The van der Waals surface area contributed by atoms with Crippen LogP contribution in [0.3, 0.4) is 0 Å². The van der Waals surface area contributed by atoms with Gasteiger partial charge in [-0.05, 0) is 18.4 Å². The lowest BCUT2D eigenvalue weighted by atomic mass is 10.1. The van der Waals surface area contributed by atoms with Crippen LogP contribution < -0.4 is 5.73 Å². The van der Waals surface area contributed by atoms with E-state index < -0.39 is 0 Å². The van der Waals surface area contributed by atoms with Crippen molar-refractivity contribution in [2.24, 2.45) is 5.73 Å². The Morgan fingerprint density at radius 3 is 2.53 bits per heavy atom. The molecule has 1 heterocycles. The number of hydrogen-bond acceptors (Lipinski definition) is 4. The van der Waals surface area contributed by atoms with Gasteiger partial charge in [-0.1, -0.05) is 43.3 Å². The number of rotatable bonds is 4. The predicted molar refractivity (Wildman–Crippen MR) is 66.3 cm³/mol. The zero-order valence-electron chi connectivity index (χ0n) is 10.2. The zero-order valence-corrected chi connectivity index (χ0v) is 10.2. The number of aromatic nitrogens is 2. The molecule has 0 aliphatic rings. The molecule has 0 aliphatic carbocycles. The van der Waals surface area contributed by atoms with Gasteiger partial charge in [-0.25, -0.2) is 0 Å². The first-order chi connectivity index (χ1) is 8.24. The molecule has 0 amide bonds.